The molecule has 0 aliphatic carbocycles. The number of aromatic nitrogens is 2. The van der Waals surface area contributed by atoms with E-state index in [9.17, 15) is 0 Å². The number of unbranched alkanes of at least 4 members (excludes halogenated alkanes) is 4. The summed E-state index contributed by atoms with van der Waals surface area (Å²) in [7, 11) is 0. The van der Waals surface area contributed by atoms with Gasteiger partial charge in [-0.05, 0) is 49.6 Å². The Kier molecular flexibility index (Phi) is 6.67. The minimum Gasteiger partial charge on any atom is -0.494 e. The molecule has 3 rings (SSSR count). The molecular formula is C21H24ClN3O. The fraction of sp³-hybridized carbons (Fsp3) is 0.333. The molecule has 5 heteroatoms. The maximum absolute atomic E-state index is 5.86. The Morgan fingerprint density at radius 1 is 0.846 bits per heavy atom. The van der Waals surface area contributed by atoms with Crippen LogP contribution in [0.5, 0.6) is 5.75 Å². The van der Waals surface area contributed by atoms with Gasteiger partial charge in [-0.15, -0.1) is 0 Å². The molecule has 0 spiro atoms. The lowest BCUT2D eigenvalue weighted by molar-refractivity contribution is 0.304. The monoisotopic (exact) mass is 369 g/mol. The van der Waals surface area contributed by atoms with E-state index in [0.717, 1.165) is 53.2 Å². The number of hydrogen-bond acceptors (Lipinski definition) is 4. The molecule has 1 aromatic heterocycles. The van der Waals surface area contributed by atoms with Crippen molar-refractivity contribution in [3.05, 3.63) is 59.2 Å². The first-order chi connectivity index (χ1) is 12.7. The predicted octanol–water partition coefficient (Wildman–Crippen LogP) is 5.44. The van der Waals surface area contributed by atoms with Crippen LogP contribution in [-0.4, -0.2) is 16.6 Å². The molecule has 0 unspecified atom stereocenters. The van der Waals surface area contributed by atoms with E-state index < -0.39 is 0 Å². The standard InChI is InChI=1S/C21H24ClN3O/c22-16-11-13-17(14-12-16)26-15-7-3-1-2-4-9-19-18-8-5-6-10-20(18)25-21(23)24-19/h5-6,8,10-14H,1-4,7,9,15H2,(H2,23,24,25). The van der Waals surface area contributed by atoms with Crippen molar-refractivity contribution in [3.8, 4) is 5.75 Å². The summed E-state index contributed by atoms with van der Waals surface area (Å²) in [6.45, 7) is 0.745. The Labute approximate surface area is 159 Å². The zero-order valence-corrected chi connectivity index (χ0v) is 15.6. The molecule has 0 atom stereocenters. The van der Waals surface area contributed by atoms with Gasteiger partial charge in [0.2, 0.25) is 5.95 Å². The smallest absolute Gasteiger partial charge is 0.220 e. The molecule has 2 aromatic carbocycles. The van der Waals surface area contributed by atoms with E-state index in [2.05, 4.69) is 16.0 Å². The number of nitrogen functional groups attached to an aromatic ring is 1. The van der Waals surface area contributed by atoms with Crippen LogP contribution in [-0.2, 0) is 6.42 Å². The van der Waals surface area contributed by atoms with Gasteiger partial charge in [0.25, 0.3) is 0 Å². The molecule has 136 valence electrons. The number of benzene rings is 2. The van der Waals surface area contributed by atoms with Crippen molar-refractivity contribution in [2.75, 3.05) is 12.3 Å². The zero-order chi connectivity index (χ0) is 18.2. The second-order valence-electron chi connectivity index (χ2n) is 6.37. The van der Waals surface area contributed by atoms with Gasteiger partial charge in [-0.1, -0.05) is 49.1 Å². The van der Waals surface area contributed by atoms with E-state index in [4.69, 9.17) is 22.1 Å². The number of nitrogens with zero attached hydrogens (tertiary/aromatic N) is 2. The number of anilines is 1. The van der Waals surface area contributed by atoms with Crippen LogP contribution in [0.25, 0.3) is 10.9 Å². The van der Waals surface area contributed by atoms with Crippen molar-refractivity contribution >= 4 is 28.5 Å². The van der Waals surface area contributed by atoms with Crippen molar-refractivity contribution in [2.45, 2.75) is 38.5 Å². The zero-order valence-electron chi connectivity index (χ0n) is 14.8. The highest BCUT2D eigenvalue weighted by Crippen LogP contribution is 2.19. The fourth-order valence-corrected chi connectivity index (χ4v) is 3.12. The summed E-state index contributed by atoms with van der Waals surface area (Å²) in [6.07, 6.45) is 6.65. The Hall–Kier alpha value is -2.33. The minimum atomic E-state index is 0.359. The average Bonchev–Trinajstić information content (AvgIpc) is 2.65. The van der Waals surface area contributed by atoms with Gasteiger partial charge in [0, 0.05) is 10.4 Å². The maximum Gasteiger partial charge on any atom is 0.220 e. The molecule has 0 saturated heterocycles. The number of ether oxygens (including phenoxy) is 1. The molecule has 26 heavy (non-hydrogen) atoms. The summed E-state index contributed by atoms with van der Waals surface area (Å²) in [6, 6.07) is 15.5. The van der Waals surface area contributed by atoms with Crippen molar-refractivity contribution < 1.29 is 4.74 Å². The first-order valence-electron chi connectivity index (χ1n) is 9.12. The molecule has 0 aliphatic rings. The molecular weight excluding hydrogens is 346 g/mol. The number of nitrogens with two attached hydrogens (primary N) is 1. The molecule has 0 amide bonds. The summed E-state index contributed by atoms with van der Waals surface area (Å²) in [4.78, 5) is 8.72. The van der Waals surface area contributed by atoms with Crippen molar-refractivity contribution in [1.82, 2.24) is 9.97 Å². The first kappa shape index (κ1) is 18.5. The Morgan fingerprint density at radius 2 is 1.58 bits per heavy atom. The van der Waals surface area contributed by atoms with Crippen LogP contribution < -0.4 is 10.5 Å². The van der Waals surface area contributed by atoms with Crippen LogP contribution in [0.4, 0.5) is 5.95 Å². The normalized spacial score (nSPS) is 11.0. The maximum atomic E-state index is 5.86. The molecule has 0 aliphatic heterocycles. The summed E-state index contributed by atoms with van der Waals surface area (Å²) < 4.78 is 5.71. The number of aryl methyl sites for hydroxylation is 1. The summed E-state index contributed by atoms with van der Waals surface area (Å²) in [5, 5.41) is 1.84. The molecule has 0 bridgehead atoms. The quantitative estimate of drug-likeness (QED) is 0.510. The van der Waals surface area contributed by atoms with E-state index in [1.807, 2.05) is 42.5 Å². The Bertz CT molecular complexity index is 836. The molecule has 2 N–H and O–H groups in total. The average molecular weight is 370 g/mol. The summed E-state index contributed by atoms with van der Waals surface area (Å²) >= 11 is 5.86. The highest BCUT2D eigenvalue weighted by atomic mass is 35.5. The van der Waals surface area contributed by atoms with Gasteiger partial charge < -0.3 is 10.5 Å². The van der Waals surface area contributed by atoms with Crippen LogP contribution in [0.15, 0.2) is 48.5 Å². The van der Waals surface area contributed by atoms with Crippen molar-refractivity contribution in [1.29, 1.82) is 0 Å². The lowest BCUT2D eigenvalue weighted by Gasteiger charge is -2.07. The van der Waals surface area contributed by atoms with Crippen LogP contribution in [0.1, 0.15) is 37.8 Å². The first-order valence-corrected chi connectivity index (χ1v) is 9.50. The number of para-hydroxylation sites is 1. The van der Waals surface area contributed by atoms with Crippen molar-refractivity contribution in [2.24, 2.45) is 0 Å². The van der Waals surface area contributed by atoms with Crippen LogP contribution >= 0.6 is 11.6 Å². The highest BCUT2D eigenvalue weighted by molar-refractivity contribution is 6.30. The van der Waals surface area contributed by atoms with Gasteiger partial charge in [0.05, 0.1) is 17.8 Å². The molecule has 0 fully saturated rings. The van der Waals surface area contributed by atoms with Crippen LogP contribution in [0, 0.1) is 0 Å². The third-order valence-electron chi connectivity index (χ3n) is 4.34. The number of halogens is 1. The third kappa shape index (κ3) is 5.33. The van der Waals surface area contributed by atoms with Crippen molar-refractivity contribution in [3.63, 3.8) is 0 Å². The Morgan fingerprint density at radius 3 is 2.42 bits per heavy atom. The van der Waals surface area contributed by atoms with Gasteiger partial charge in [-0.2, -0.15) is 0 Å². The van der Waals surface area contributed by atoms with Crippen LogP contribution in [0.3, 0.4) is 0 Å². The van der Waals surface area contributed by atoms with Gasteiger partial charge in [-0.25, -0.2) is 9.97 Å². The van der Waals surface area contributed by atoms with E-state index in [1.165, 1.54) is 19.3 Å². The van der Waals surface area contributed by atoms with Gasteiger partial charge >= 0.3 is 0 Å². The predicted molar refractivity (Wildman–Crippen MR) is 108 cm³/mol. The molecule has 0 saturated carbocycles. The van der Waals surface area contributed by atoms with Gasteiger partial charge in [0.1, 0.15) is 5.75 Å². The molecule has 3 aromatic rings. The van der Waals surface area contributed by atoms with E-state index >= 15 is 0 Å². The minimum absolute atomic E-state index is 0.359. The molecule has 1 heterocycles. The molecule has 4 nitrogen and oxygen atoms in total. The van der Waals surface area contributed by atoms with E-state index in [-0.39, 0.29) is 0 Å². The van der Waals surface area contributed by atoms with Gasteiger partial charge in [-0.3, -0.25) is 0 Å². The second kappa shape index (κ2) is 9.39. The largest absolute Gasteiger partial charge is 0.494 e. The summed E-state index contributed by atoms with van der Waals surface area (Å²) in [5.74, 6) is 1.24. The van der Waals surface area contributed by atoms with Gasteiger partial charge in [0.15, 0.2) is 0 Å². The van der Waals surface area contributed by atoms with E-state index in [1.54, 1.807) is 0 Å². The fourth-order valence-electron chi connectivity index (χ4n) is 3.00. The second-order valence-corrected chi connectivity index (χ2v) is 6.80. The van der Waals surface area contributed by atoms with Crippen LogP contribution in [0.2, 0.25) is 5.02 Å². The highest BCUT2D eigenvalue weighted by Gasteiger charge is 2.05. The lowest BCUT2D eigenvalue weighted by Crippen LogP contribution is -2.01. The summed E-state index contributed by atoms with van der Waals surface area (Å²) in [5.41, 5.74) is 7.80. The number of rotatable bonds is 9. The lowest BCUT2D eigenvalue weighted by atomic mass is 10.1. The Balaban J connectivity index is 1.34. The topological polar surface area (TPSA) is 61.0 Å². The number of hydrogen-bond donors (Lipinski definition) is 1. The van der Waals surface area contributed by atoms with E-state index in [0.29, 0.717) is 5.95 Å². The third-order valence-corrected chi connectivity index (χ3v) is 4.59. The molecule has 0 radical (unpaired) electrons. The number of fused-ring (bicyclic) bond motifs is 1. The SMILES string of the molecule is Nc1nc(CCCCCCCOc2ccc(Cl)cc2)c2ccccc2n1.